The van der Waals surface area contributed by atoms with Crippen LogP contribution < -0.4 is 22.5 Å². The average molecular weight is 395 g/mol. The second-order valence-electron chi connectivity index (χ2n) is 5.88. The van der Waals surface area contributed by atoms with Crippen LogP contribution in [-0.4, -0.2) is 88.9 Å². The van der Waals surface area contributed by atoms with E-state index < -0.39 is 59.3 Å². The number of guanidine groups is 2. The molecule has 0 bridgehead atoms. The Morgan fingerprint density at radius 3 is 2.62 bits per heavy atom. The largest absolute Gasteiger partial charge is 0.447 e. The Morgan fingerprint density at radius 1 is 1.38 bits per heavy atom. The number of amides is 1. The first-order valence-electron chi connectivity index (χ1n) is 7.13. The van der Waals surface area contributed by atoms with Gasteiger partial charge in [0.15, 0.2) is 23.7 Å². The molecule has 10 N–H and O–H groups in total. The zero-order chi connectivity index (χ0) is 19.5. The average Bonchev–Trinajstić information content (AvgIpc) is 2.93. The summed E-state index contributed by atoms with van der Waals surface area (Å²) in [6.45, 7) is -0.896. The highest BCUT2D eigenvalue weighted by molar-refractivity contribution is 7.80. The molecule has 16 heteroatoms. The molecule has 1 spiro atoms. The van der Waals surface area contributed by atoms with Crippen LogP contribution in [-0.2, 0) is 19.3 Å². The lowest BCUT2D eigenvalue weighted by atomic mass is 9.86. The Hall–Kier alpha value is -2.40. The van der Waals surface area contributed by atoms with Crippen molar-refractivity contribution >= 4 is 28.4 Å². The molecular formula is C10H17N7O8S. The van der Waals surface area contributed by atoms with E-state index in [-0.39, 0.29) is 11.9 Å². The number of aliphatic imine (C=N–C) groups is 2. The molecule has 15 nitrogen and oxygen atoms in total. The van der Waals surface area contributed by atoms with E-state index in [1.54, 1.807) is 0 Å². The van der Waals surface area contributed by atoms with Crippen LogP contribution >= 0.6 is 0 Å². The third-order valence-corrected chi connectivity index (χ3v) is 4.86. The molecular weight excluding hydrogens is 378 g/mol. The number of carbonyl (C=O) groups is 1. The lowest BCUT2D eigenvalue weighted by Crippen LogP contribution is -2.77. The van der Waals surface area contributed by atoms with E-state index in [1.807, 2.05) is 0 Å². The summed E-state index contributed by atoms with van der Waals surface area (Å²) in [7, 11) is -5.03. The second-order valence-corrected chi connectivity index (χ2v) is 6.93. The van der Waals surface area contributed by atoms with Gasteiger partial charge in [0.1, 0.15) is 18.7 Å². The third kappa shape index (κ3) is 2.58. The summed E-state index contributed by atoms with van der Waals surface area (Å²) in [6.07, 6.45) is -2.96. The maximum atomic E-state index is 11.0. The van der Waals surface area contributed by atoms with Gasteiger partial charge in [-0.15, -0.1) is 0 Å². The van der Waals surface area contributed by atoms with Crippen molar-refractivity contribution in [2.45, 2.75) is 29.6 Å². The molecule has 4 atom stereocenters. The van der Waals surface area contributed by atoms with E-state index >= 15 is 0 Å². The van der Waals surface area contributed by atoms with Gasteiger partial charge in [0.2, 0.25) is 5.79 Å². The zero-order valence-corrected chi connectivity index (χ0v) is 13.8. The predicted octanol–water partition coefficient (Wildman–Crippen LogP) is -5.05. The first-order chi connectivity index (χ1) is 11.9. The van der Waals surface area contributed by atoms with Gasteiger partial charge in [0, 0.05) is 0 Å². The fraction of sp³-hybridized carbons (Fsp3) is 0.700. The Bertz CT molecular complexity index is 797. The van der Waals surface area contributed by atoms with E-state index in [4.69, 9.17) is 21.8 Å². The van der Waals surface area contributed by atoms with E-state index in [9.17, 15) is 23.4 Å². The topological polar surface area (TPSA) is 248 Å². The van der Waals surface area contributed by atoms with Gasteiger partial charge in [-0.2, -0.15) is 8.42 Å². The Balaban J connectivity index is 2.04. The van der Waals surface area contributed by atoms with Crippen LogP contribution in [0.25, 0.3) is 0 Å². The van der Waals surface area contributed by atoms with Gasteiger partial charge in [-0.05, 0) is 0 Å². The molecule has 0 aromatic heterocycles. The first kappa shape index (κ1) is 18.4. The number of rotatable bonds is 4. The summed E-state index contributed by atoms with van der Waals surface area (Å²) < 4.78 is 40.0. The van der Waals surface area contributed by atoms with Crippen LogP contribution in [0.15, 0.2) is 9.98 Å². The van der Waals surface area contributed by atoms with Gasteiger partial charge >= 0.3 is 16.5 Å². The van der Waals surface area contributed by atoms with E-state index in [0.29, 0.717) is 0 Å². The van der Waals surface area contributed by atoms with Crippen molar-refractivity contribution in [3.63, 3.8) is 0 Å². The Morgan fingerprint density at radius 2 is 2.04 bits per heavy atom. The van der Waals surface area contributed by atoms with Crippen molar-refractivity contribution < 1.29 is 36.9 Å². The van der Waals surface area contributed by atoms with Crippen molar-refractivity contribution in [3.8, 4) is 0 Å². The van der Waals surface area contributed by atoms with E-state index in [1.165, 1.54) is 0 Å². The molecule has 1 amide bonds. The fourth-order valence-electron chi connectivity index (χ4n) is 3.45. The van der Waals surface area contributed by atoms with Crippen LogP contribution in [0.2, 0.25) is 0 Å². The summed E-state index contributed by atoms with van der Waals surface area (Å²) in [4.78, 5) is 20.0. The molecule has 3 aliphatic heterocycles. The SMILES string of the molecule is NC(=O)OC[C@@H]1N=C(N)N2C[C@@H](OS(=O)(=O)O)C(O)(O)[C@]23NC(N)=N[C@H]13. The van der Waals surface area contributed by atoms with Crippen LogP contribution in [0.3, 0.4) is 0 Å². The normalized spacial score (nSPS) is 35.0. The van der Waals surface area contributed by atoms with Crippen molar-refractivity contribution in [2.24, 2.45) is 27.2 Å². The molecule has 0 aromatic carbocycles. The van der Waals surface area contributed by atoms with Gasteiger partial charge in [0.05, 0.1) is 6.54 Å². The number of hydrogen-bond donors (Lipinski definition) is 7. The quantitative estimate of drug-likeness (QED) is 0.174. The smallest absolute Gasteiger partial charge is 0.404 e. The number of nitrogens with two attached hydrogens (primary N) is 3. The van der Waals surface area contributed by atoms with E-state index in [2.05, 4.69) is 24.2 Å². The van der Waals surface area contributed by atoms with Crippen LogP contribution in [0.1, 0.15) is 0 Å². The molecule has 146 valence electrons. The molecule has 0 aromatic rings. The molecule has 3 aliphatic rings. The number of hydrogen-bond acceptors (Lipinski definition) is 13. The van der Waals surface area contributed by atoms with Crippen LogP contribution in [0.5, 0.6) is 0 Å². The van der Waals surface area contributed by atoms with Gasteiger partial charge in [-0.25, -0.2) is 19.0 Å². The number of nitrogens with one attached hydrogen (secondary N) is 1. The lowest BCUT2D eigenvalue weighted by molar-refractivity contribution is -0.252. The first-order valence-corrected chi connectivity index (χ1v) is 8.50. The number of ether oxygens (including phenoxy) is 1. The van der Waals surface area contributed by atoms with Gasteiger partial charge in [-0.1, -0.05) is 0 Å². The third-order valence-electron chi connectivity index (χ3n) is 4.38. The summed E-state index contributed by atoms with van der Waals surface area (Å²) in [6, 6.07) is -2.19. The van der Waals surface area contributed by atoms with Crippen molar-refractivity contribution in [2.75, 3.05) is 13.2 Å². The van der Waals surface area contributed by atoms with Crippen molar-refractivity contribution in [1.82, 2.24) is 10.2 Å². The molecule has 1 saturated heterocycles. The lowest BCUT2D eigenvalue weighted by Gasteiger charge is -2.48. The van der Waals surface area contributed by atoms with Crippen molar-refractivity contribution in [1.29, 1.82) is 0 Å². The highest BCUT2D eigenvalue weighted by Crippen LogP contribution is 2.45. The highest BCUT2D eigenvalue weighted by Gasteiger charge is 2.74. The van der Waals surface area contributed by atoms with Gasteiger partial charge < -0.3 is 42.4 Å². The molecule has 26 heavy (non-hydrogen) atoms. The highest BCUT2D eigenvalue weighted by atomic mass is 32.3. The maximum absolute atomic E-state index is 11.0. The number of nitrogens with zero attached hydrogens (tertiary/aromatic N) is 3. The van der Waals surface area contributed by atoms with Gasteiger partial charge in [-0.3, -0.25) is 4.55 Å². The van der Waals surface area contributed by atoms with Crippen molar-refractivity contribution in [3.05, 3.63) is 0 Å². The van der Waals surface area contributed by atoms with Crippen LogP contribution in [0, 0.1) is 0 Å². The maximum Gasteiger partial charge on any atom is 0.404 e. The van der Waals surface area contributed by atoms with Gasteiger partial charge in [0.25, 0.3) is 0 Å². The standard InChI is InChI=1S/C10H17N7O8S/c11-6-15-5-3(2-24-8(13)18)14-7(12)17-1-4(25-26(21,22)23)10(19,20)9(5,17)16-6/h3-5,19-20H,1-2H2,(H2,12,14)(H2,13,18)(H3,11,15,16)(H,21,22,23)/t3-,4+,5+,9+/m0/s1. The summed E-state index contributed by atoms with van der Waals surface area (Å²) in [5, 5.41) is 23.9. The minimum Gasteiger partial charge on any atom is -0.447 e. The minimum atomic E-state index is -5.03. The molecule has 0 aliphatic carbocycles. The summed E-state index contributed by atoms with van der Waals surface area (Å²) in [5.41, 5.74) is 14.4. The molecule has 3 rings (SSSR count). The molecule has 0 unspecified atom stereocenters. The van der Waals surface area contributed by atoms with Crippen LogP contribution in [0.4, 0.5) is 4.79 Å². The summed E-state index contributed by atoms with van der Waals surface area (Å²) in [5.74, 6) is -3.44. The molecule has 0 saturated carbocycles. The Labute approximate surface area is 146 Å². The second kappa shape index (κ2) is 5.55. The number of aliphatic hydroxyl groups is 2. The molecule has 3 heterocycles. The number of carbonyl (C=O) groups excluding carboxylic acids is 1. The minimum absolute atomic E-state index is 0.228. The zero-order valence-electron chi connectivity index (χ0n) is 13.0. The molecule has 0 radical (unpaired) electrons. The number of primary amides is 1. The summed E-state index contributed by atoms with van der Waals surface area (Å²) >= 11 is 0. The Kier molecular flexibility index (Phi) is 3.92. The monoisotopic (exact) mass is 395 g/mol. The predicted molar refractivity (Wildman–Crippen MR) is 82.5 cm³/mol. The molecule has 1 fully saturated rings. The van der Waals surface area contributed by atoms with E-state index in [0.717, 1.165) is 4.90 Å². The fourth-order valence-corrected chi connectivity index (χ4v) is 3.94.